The SMILES string of the molecule is O=C(NCc1csc(-c2ccccc2)n1)[C@@H]1CCCO1. The fourth-order valence-electron chi connectivity index (χ4n) is 2.18. The molecule has 1 aliphatic rings. The van der Waals surface area contributed by atoms with E-state index in [-0.39, 0.29) is 12.0 Å². The highest BCUT2D eigenvalue weighted by molar-refractivity contribution is 7.13. The van der Waals surface area contributed by atoms with Crippen molar-refractivity contribution in [2.24, 2.45) is 0 Å². The summed E-state index contributed by atoms with van der Waals surface area (Å²) in [6, 6.07) is 10.0. The number of hydrogen-bond acceptors (Lipinski definition) is 4. The summed E-state index contributed by atoms with van der Waals surface area (Å²) < 4.78 is 5.35. The van der Waals surface area contributed by atoms with Crippen LogP contribution in [0.2, 0.25) is 0 Å². The standard InChI is InChI=1S/C15H16N2O2S/c18-14(13-7-4-8-19-13)16-9-12-10-20-15(17-12)11-5-2-1-3-6-11/h1-3,5-6,10,13H,4,7-9H2,(H,16,18)/t13-/m0/s1. The number of amides is 1. The van der Waals surface area contributed by atoms with Crippen molar-refractivity contribution in [3.63, 3.8) is 0 Å². The average molecular weight is 288 g/mol. The first-order chi connectivity index (χ1) is 9.83. The van der Waals surface area contributed by atoms with Crippen LogP contribution < -0.4 is 5.32 Å². The molecule has 3 rings (SSSR count). The Bertz CT molecular complexity index is 577. The van der Waals surface area contributed by atoms with Gasteiger partial charge in [0.25, 0.3) is 0 Å². The van der Waals surface area contributed by atoms with Gasteiger partial charge in [-0.25, -0.2) is 4.98 Å². The lowest BCUT2D eigenvalue weighted by Crippen LogP contribution is -2.33. The van der Waals surface area contributed by atoms with Crippen LogP contribution >= 0.6 is 11.3 Å². The van der Waals surface area contributed by atoms with Crippen molar-refractivity contribution in [1.82, 2.24) is 10.3 Å². The van der Waals surface area contributed by atoms with E-state index in [1.54, 1.807) is 11.3 Å². The molecule has 1 N–H and O–H groups in total. The number of hydrogen-bond donors (Lipinski definition) is 1. The van der Waals surface area contributed by atoms with E-state index in [2.05, 4.69) is 10.3 Å². The van der Waals surface area contributed by atoms with Crippen LogP contribution in [0.1, 0.15) is 18.5 Å². The lowest BCUT2D eigenvalue weighted by Gasteiger charge is -2.08. The topological polar surface area (TPSA) is 51.2 Å². The van der Waals surface area contributed by atoms with E-state index in [0.717, 1.165) is 29.1 Å². The zero-order valence-corrected chi connectivity index (χ0v) is 11.9. The van der Waals surface area contributed by atoms with E-state index in [1.807, 2.05) is 35.7 Å². The van der Waals surface area contributed by atoms with E-state index < -0.39 is 0 Å². The number of aromatic nitrogens is 1. The molecule has 0 bridgehead atoms. The van der Waals surface area contributed by atoms with Crippen LogP contribution in [-0.4, -0.2) is 23.6 Å². The van der Waals surface area contributed by atoms with E-state index in [1.165, 1.54) is 0 Å². The van der Waals surface area contributed by atoms with Gasteiger partial charge in [-0.1, -0.05) is 30.3 Å². The molecule has 4 nitrogen and oxygen atoms in total. The first kappa shape index (κ1) is 13.3. The van der Waals surface area contributed by atoms with Gasteiger partial charge in [-0.3, -0.25) is 4.79 Å². The van der Waals surface area contributed by atoms with E-state index >= 15 is 0 Å². The molecule has 2 heterocycles. The fraction of sp³-hybridized carbons (Fsp3) is 0.333. The van der Waals surface area contributed by atoms with Gasteiger partial charge in [0.05, 0.1) is 12.2 Å². The second kappa shape index (κ2) is 6.15. The third kappa shape index (κ3) is 3.05. The molecule has 1 aromatic carbocycles. The van der Waals surface area contributed by atoms with Gasteiger partial charge in [0.1, 0.15) is 11.1 Å². The van der Waals surface area contributed by atoms with Crippen LogP contribution in [0.3, 0.4) is 0 Å². The number of ether oxygens (including phenoxy) is 1. The highest BCUT2D eigenvalue weighted by atomic mass is 32.1. The summed E-state index contributed by atoms with van der Waals surface area (Å²) in [6.07, 6.45) is 1.51. The zero-order valence-electron chi connectivity index (χ0n) is 11.0. The second-order valence-corrected chi connectivity index (χ2v) is 5.59. The van der Waals surface area contributed by atoms with Crippen molar-refractivity contribution in [1.29, 1.82) is 0 Å². The summed E-state index contributed by atoms with van der Waals surface area (Å²) >= 11 is 1.59. The summed E-state index contributed by atoms with van der Waals surface area (Å²) in [4.78, 5) is 16.4. The van der Waals surface area contributed by atoms with Crippen LogP contribution in [0.5, 0.6) is 0 Å². The van der Waals surface area contributed by atoms with E-state index in [4.69, 9.17) is 4.74 Å². The summed E-state index contributed by atoms with van der Waals surface area (Å²) in [6.45, 7) is 1.15. The molecular formula is C15H16N2O2S. The van der Waals surface area contributed by atoms with Crippen molar-refractivity contribution in [2.75, 3.05) is 6.61 Å². The van der Waals surface area contributed by atoms with Crippen LogP contribution in [0, 0.1) is 0 Å². The minimum atomic E-state index is -0.276. The van der Waals surface area contributed by atoms with Crippen LogP contribution in [0.25, 0.3) is 10.6 Å². The van der Waals surface area contributed by atoms with Gasteiger partial charge in [0.2, 0.25) is 5.91 Å². The van der Waals surface area contributed by atoms with Gasteiger partial charge >= 0.3 is 0 Å². The van der Waals surface area contributed by atoms with Gasteiger partial charge in [0.15, 0.2) is 0 Å². The molecular weight excluding hydrogens is 272 g/mol. The van der Waals surface area contributed by atoms with Crippen LogP contribution in [-0.2, 0) is 16.1 Å². The van der Waals surface area contributed by atoms with Crippen LogP contribution in [0.15, 0.2) is 35.7 Å². The molecule has 1 saturated heterocycles. The van der Waals surface area contributed by atoms with Crippen molar-refractivity contribution in [2.45, 2.75) is 25.5 Å². The van der Waals surface area contributed by atoms with Crippen molar-refractivity contribution in [3.05, 3.63) is 41.4 Å². The van der Waals surface area contributed by atoms with Gasteiger partial charge in [-0.15, -0.1) is 11.3 Å². The lowest BCUT2D eigenvalue weighted by atomic mass is 10.2. The van der Waals surface area contributed by atoms with Crippen molar-refractivity contribution >= 4 is 17.2 Å². The Kier molecular flexibility index (Phi) is 4.08. The first-order valence-corrected chi connectivity index (χ1v) is 7.60. The van der Waals surface area contributed by atoms with E-state index in [0.29, 0.717) is 13.2 Å². The molecule has 0 spiro atoms. The number of carbonyl (C=O) groups is 1. The highest BCUT2D eigenvalue weighted by Gasteiger charge is 2.23. The minimum Gasteiger partial charge on any atom is -0.368 e. The van der Waals surface area contributed by atoms with Gasteiger partial charge in [0, 0.05) is 17.6 Å². The monoisotopic (exact) mass is 288 g/mol. The van der Waals surface area contributed by atoms with Gasteiger partial charge < -0.3 is 10.1 Å². The predicted octanol–water partition coefficient (Wildman–Crippen LogP) is 2.61. The Labute approximate surface area is 121 Å². The Morgan fingerprint density at radius 3 is 3.00 bits per heavy atom. The Morgan fingerprint density at radius 2 is 2.25 bits per heavy atom. The molecule has 0 aliphatic carbocycles. The molecule has 20 heavy (non-hydrogen) atoms. The number of thiazole rings is 1. The molecule has 5 heteroatoms. The molecule has 2 aromatic rings. The number of nitrogens with one attached hydrogen (secondary N) is 1. The number of nitrogens with zero attached hydrogens (tertiary/aromatic N) is 1. The maximum Gasteiger partial charge on any atom is 0.249 e. The summed E-state index contributed by atoms with van der Waals surface area (Å²) in [5.74, 6) is -0.0308. The quantitative estimate of drug-likeness (QED) is 0.941. The summed E-state index contributed by atoms with van der Waals surface area (Å²) in [5.41, 5.74) is 1.99. The molecule has 1 aliphatic heterocycles. The maximum absolute atomic E-state index is 11.8. The van der Waals surface area contributed by atoms with Gasteiger partial charge in [-0.05, 0) is 12.8 Å². The molecule has 104 valence electrons. The number of rotatable bonds is 4. The third-order valence-electron chi connectivity index (χ3n) is 3.24. The zero-order chi connectivity index (χ0) is 13.8. The average Bonchev–Trinajstić information content (AvgIpc) is 3.17. The van der Waals surface area contributed by atoms with Crippen molar-refractivity contribution in [3.8, 4) is 10.6 Å². The highest BCUT2D eigenvalue weighted by Crippen LogP contribution is 2.23. The Balaban J connectivity index is 1.59. The predicted molar refractivity (Wildman–Crippen MR) is 78.4 cm³/mol. The molecule has 0 saturated carbocycles. The molecule has 0 unspecified atom stereocenters. The Hall–Kier alpha value is -1.72. The molecule has 1 aromatic heterocycles. The van der Waals surface area contributed by atoms with Gasteiger partial charge in [-0.2, -0.15) is 0 Å². The molecule has 1 amide bonds. The maximum atomic E-state index is 11.8. The van der Waals surface area contributed by atoms with Crippen molar-refractivity contribution < 1.29 is 9.53 Å². The lowest BCUT2D eigenvalue weighted by molar-refractivity contribution is -0.130. The van der Waals surface area contributed by atoms with E-state index in [9.17, 15) is 4.79 Å². The summed E-state index contributed by atoms with van der Waals surface area (Å²) in [7, 11) is 0. The molecule has 1 atom stereocenters. The fourth-order valence-corrected chi connectivity index (χ4v) is 3.00. The van der Waals surface area contributed by atoms with Crippen LogP contribution in [0.4, 0.5) is 0 Å². The normalized spacial score (nSPS) is 18.1. The number of carbonyl (C=O) groups excluding carboxylic acids is 1. The number of benzene rings is 1. The minimum absolute atomic E-state index is 0.0308. The third-order valence-corrected chi connectivity index (χ3v) is 4.18. The summed E-state index contributed by atoms with van der Waals surface area (Å²) in [5, 5.41) is 5.85. The molecule has 0 radical (unpaired) electrons. The molecule has 1 fully saturated rings. The largest absolute Gasteiger partial charge is 0.368 e. The smallest absolute Gasteiger partial charge is 0.249 e. The Morgan fingerprint density at radius 1 is 1.40 bits per heavy atom. The second-order valence-electron chi connectivity index (χ2n) is 4.73. The first-order valence-electron chi connectivity index (χ1n) is 6.72.